The van der Waals surface area contributed by atoms with Crippen LogP contribution in [0.5, 0.6) is 0 Å². The molecule has 1 aliphatic heterocycles. The van der Waals surface area contributed by atoms with Gasteiger partial charge in [-0.15, -0.1) is 0 Å². The zero-order valence-corrected chi connectivity index (χ0v) is 14.5. The second-order valence-electron chi connectivity index (χ2n) is 6.70. The average Bonchev–Trinajstić information content (AvgIpc) is 3.31. The second-order valence-corrected chi connectivity index (χ2v) is 6.70. The standard InChI is InChI=1S/C21H20N4O/c1-2-7-17(8-3-1)13-24-15-23(14-18-9-6-12-26-18)16-25-20-11-5-4-10-19(20)22-21(24)25/h1-12H,13-16H2. The SMILES string of the molecule is c1ccc(CN2CN(Cc3ccco3)Cn3c2nc2ccccc23)cc1. The van der Waals surface area contributed by atoms with Crippen LogP contribution in [0.15, 0.2) is 77.4 Å². The number of hydrogen-bond donors (Lipinski definition) is 0. The van der Waals surface area contributed by atoms with E-state index in [1.165, 1.54) is 11.1 Å². The molecule has 3 heterocycles. The molecule has 0 atom stereocenters. The number of para-hydroxylation sites is 2. The molecule has 2 aromatic carbocycles. The zero-order valence-electron chi connectivity index (χ0n) is 14.5. The van der Waals surface area contributed by atoms with E-state index >= 15 is 0 Å². The lowest BCUT2D eigenvalue weighted by Gasteiger charge is -2.36. The van der Waals surface area contributed by atoms with Crippen molar-refractivity contribution < 1.29 is 4.42 Å². The van der Waals surface area contributed by atoms with Gasteiger partial charge in [-0.25, -0.2) is 4.98 Å². The van der Waals surface area contributed by atoms with Crippen LogP contribution in [-0.4, -0.2) is 21.1 Å². The van der Waals surface area contributed by atoms with Gasteiger partial charge in [0.2, 0.25) is 5.95 Å². The molecule has 4 aromatic rings. The molecule has 0 saturated heterocycles. The van der Waals surface area contributed by atoms with Crippen molar-refractivity contribution >= 4 is 17.0 Å². The van der Waals surface area contributed by atoms with E-state index < -0.39 is 0 Å². The molecule has 0 amide bonds. The van der Waals surface area contributed by atoms with Crippen LogP contribution in [0.2, 0.25) is 0 Å². The molecule has 0 saturated carbocycles. The van der Waals surface area contributed by atoms with Gasteiger partial charge in [-0.2, -0.15) is 0 Å². The van der Waals surface area contributed by atoms with Gasteiger partial charge >= 0.3 is 0 Å². The number of aromatic nitrogens is 2. The van der Waals surface area contributed by atoms with Gasteiger partial charge in [0.1, 0.15) is 5.76 Å². The maximum absolute atomic E-state index is 5.56. The molecule has 0 fully saturated rings. The van der Waals surface area contributed by atoms with Gasteiger partial charge in [0.05, 0.1) is 37.2 Å². The molecule has 5 rings (SSSR count). The van der Waals surface area contributed by atoms with Crippen LogP contribution in [0.3, 0.4) is 0 Å². The van der Waals surface area contributed by atoms with Gasteiger partial charge in [-0.05, 0) is 29.8 Å². The molecule has 26 heavy (non-hydrogen) atoms. The molecule has 0 aliphatic carbocycles. The Hall–Kier alpha value is -3.05. The smallest absolute Gasteiger partial charge is 0.209 e. The topological polar surface area (TPSA) is 37.4 Å². The minimum atomic E-state index is 0.782. The second kappa shape index (κ2) is 6.35. The van der Waals surface area contributed by atoms with Crippen LogP contribution in [0.1, 0.15) is 11.3 Å². The van der Waals surface area contributed by atoms with Crippen LogP contribution in [0, 0.1) is 0 Å². The fraction of sp³-hybridized carbons (Fsp3) is 0.190. The van der Waals surface area contributed by atoms with Crippen molar-refractivity contribution in [3.63, 3.8) is 0 Å². The fourth-order valence-electron chi connectivity index (χ4n) is 3.64. The predicted octanol–water partition coefficient (Wildman–Crippen LogP) is 4.07. The Balaban J connectivity index is 1.52. The molecular formula is C21H20N4O. The summed E-state index contributed by atoms with van der Waals surface area (Å²) in [4.78, 5) is 9.61. The number of fused-ring (bicyclic) bond motifs is 3. The fourth-order valence-corrected chi connectivity index (χ4v) is 3.64. The lowest BCUT2D eigenvalue weighted by atomic mass is 10.2. The first-order valence-corrected chi connectivity index (χ1v) is 8.86. The predicted molar refractivity (Wildman–Crippen MR) is 101 cm³/mol. The first kappa shape index (κ1) is 15.2. The highest BCUT2D eigenvalue weighted by molar-refractivity contribution is 5.79. The number of anilines is 1. The van der Waals surface area contributed by atoms with Gasteiger partial charge in [-0.3, -0.25) is 9.47 Å². The number of furan rings is 1. The number of imidazole rings is 1. The van der Waals surface area contributed by atoms with E-state index in [9.17, 15) is 0 Å². The van der Waals surface area contributed by atoms with Gasteiger partial charge in [-0.1, -0.05) is 42.5 Å². The van der Waals surface area contributed by atoms with Crippen molar-refractivity contribution in [1.82, 2.24) is 14.5 Å². The average molecular weight is 344 g/mol. The Morgan fingerprint density at radius 2 is 1.69 bits per heavy atom. The third-order valence-electron chi connectivity index (χ3n) is 4.81. The van der Waals surface area contributed by atoms with Gasteiger partial charge in [0.15, 0.2) is 0 Å². The van der Waals surface area contributed by atoms with E-state index in [0.717, 1.165) is 43.7 Å². The minimum absolute atomic E-state index is 0.782. The van der Waals surface area contributed by atoms with Gasteiger partial charge in [0, 0.05) is 6.54 Å². The molecule has 0 spiro atoms. The Kier molecular flexibility index (Phi) is 3.72. The lowest BCUT2D eigenvalue weighted by Crippen LogP contribution is -2.44. The summed E-state index contributed by atoms with van der Waals surface area (Å²) in [6.45, 7) is 3.24. The van der Waals surface area contributed by atoms with Crippen LogP contribution >= 0.6 is 0 Å². The summed E-state index contributed by atoms with van der Waals surface area (Å²) in [5, 5.41) is 0. The largest absolute Gasteiger partial charge is 0.468 e. The number of benzene rings is 2. The summed E-state index contributed by atoms with van der Waals surface area (Å²) < 4.78 is 7.86. The maximum Gasteiger partial charge on any atom is 0.209 e. The van der Waals surface area contributed by atoms with Crippen molar-refractivity contribution in [1.29, 1.82) is 0 Å². The Morgan fingerprint density at radius 1 is 0.846 bits per heavy atom. The van der Waals surface area contributed by atoms with E-state index in [0.29, 0.717) is 0 Å². The molecule has 0 bridgehead atoms. The van der Waals surface area contributed by atoms with Crippen LogP contribution in [-0.2, 0) is 19.8 Å². The van der Waals surface area contributed by atoms with Crippen LogP contribution in [0.25, 0.3) is 11.0 Å². The third-order valence-corrected chi connectivity index (χ3v) is 4.81. The molecule has 0 radical (unpaired) electrons. The van der Waals surface area contributed by atoms with Crippen molar-refractivity contribution in [2.45, 2.75) is 19.8 Å². The highest BCUT2D eigenvalue weighted by Gasteiger charge is 2.26. The van der Waals surface area contributed by atoms with Gasteiger partial charge in [0.25, 0.3) is 0 Å². The molecule has 5 nitrogen and oxygen atoms in total. The van der Waals surface area contributed by atoms with E-state index in [1.807, 2.05) is 18.2 Å². The summed E-state index contributed by atoms with van der Waals surface area (Å²) in [6.07, 6.45) is 1.74. The highest BCUT2D eigenvalue weighted by atomic mass is 16.3. The lowest BCUT2D eigenvalue weighted by molar-refractivity contribution is 0.176. The molecule has 0 unspecified atom stereocenters. The monoisotopic (exact) mass is 344 g/mol. The quantitative estimate of drug-likeness (QED) is 0.559. The summed E-state index contributed by atoms with van der Waals surface area (Å²) in [5.74, 6) is 2.02. The van der Waals surface area contributed by atoms with E-state index in [-0.39, 0.29) is 0 Å². The molecule has 0 N–H and O–H groups in total. The van der Waals surface area contributed by atoms with Crippen LogP contribution < -0.4 is 4.90 Å². The van der Waals surface area contributed by atoms with E-state index in [2.05, 4.69) is 62.9 Å². The summed E-state index contributed by atoms with van der Waals surface area (Å²) in [6, 6.07) is 22.9. The molecule has 2 aromatic heterocycles. The summed E-state index contributed by atoms with van der Waals surface area (Å²) in [7, 11) is 0. The Morgan fingerprint density at radius 3 is 2.54 bits per heavy atom. The van der Waals surface area contributed by atoms with Gasteiger partial charge < -0.3 is 9.32 Å². The maximum atomic E-state index is 5.56. The molecule has 5 heteroatoms. The first-order valence-electron chi connectivity index (χ1n) is 8.86. The van der Waals surface area contributed by atoms with Crippen molar-refractivity contribution in [2.75, 3.05) is 11.6 Å². The number of nitrogens with zero attached hydrogens (tertiary/aromatic N) is 4. The van der Waals surface area contributed by atoms with Crippen molar-refractivity contribution in [2.24, 2.45) is 0 Å². The number of hydrogen-bond acceptors (Lipinski definition) is 4. The Labute approximate surface area is 152 Å². The number of rotatable bonds is 4. The highest BCUT2D eigenvalue weighted by Crippen LogP contribution is 2.28. The van der Waals surface area contributed by atoms with Crippen molar-refractivity contribution in [3.8, 4) is 0 Å². The van der Waals surface area contributed by atoms with Crippen molar-refractivity contribution in [3.05, 3.63) is 84.3 Å². The van der Waals surface area contributed by atoms with E-state index in [1.54, 1.807) is 6.26 Å². The molecule has 130 valence electrons. The minimum Gasteiger partial charge on any atom is -0.468 e. The van der Waals surface area contributed by atoms with Crippen LogP contribution in [0.4, 0.5) is 5.95 Å². The summed E-state index contributed by atoms with van der Waals surface area (Å²) >= 11 is 0. The molecule has 1 aliphatic rings. The normalized spacial score (nSPS) is 14.7. The zero-order chi connectivity index (χ0) is 17.3. The first-order chi connectivity index (χ1) is 12.9. The third kappa shape index (κ3) is 2.76. The van der Waals surface area contributed by atoms with E-state index in [4.69, 9.17) is 9.40 Å². The summed E-state index contributed by atoms with van der Waals surface area (Å²) in [5.41, 5.74) is 3.50. The Bertz CT molecular complexity index is 1010. The molecular weight excluding hydrogens is 324 g/mol.